The SMILES string of the molecule is Cc1csc(CN2CCC(CCO)C2)n1. The summed E-state index contributed by atoms with van der Waals surface area (Å²) < 4.78 is 0. The van der Waals surface area contributed by atoms with E-state index in [2.05, 4.69) is 15.3 Å². The molecule has 0 bridgehead atoms. The minimum absolute atomic E-state index is 0.328. The lowest BCUT2D eigenvalue weighted by Gasteiger charge is -2.13. The van der Waals surface area contributed by atoms with Gasteiger partial charge in [-0.3, -0.25) is 4.90 Å². The van der Waals surface area contributed by atoms with Crippen LogP contribution >= 0.6 is 11.3 Å². The molecule has 15 heavy (non-hydrogen) atoms. The van der Waals surface area contributed by atoms with Crippen LogP contribution in [-0.2, 0) is 6.54 Å². The molecule has 0 aliphatic carbocycles. The Kier molecular flexibility index (Phi) is 3.72. The van der Waals surface area contributed by atoms with Crippen LogP contribution in [0.3, 0.4) is 0 Å². The molecule has 1 saturated heterocycles. The number of rotatable bonds is 4. The van der Waals surface area contributed by atoms with Crippen molar-refractivity contribution in [2.45, 2.75) is 26.3 Å². The molecule has 0 spiro atoms. The smallest absolute Gasteiger partial charge is 0.107 e. The van der Waals surface area contributed by atoms with Gasteiger partial charge < -0.3 is 5.11 Å². The molecule has 1 fully saturated rings. The van der Waals surface area contributed by atoms with Crippen molar-refractivity contribution in [1.82, 2.24) is 9.88 Å². The van der Waals surface area contributed by atoms with Crippen molar-refractivity contribution in [2.24, 2.45) is 5.92 Å². The summed E-state index contributed by atoms with van der Waals surface area (Å²) in [6, 6.07) is 0. The van der Waals surface area contributed by atoms with Gasteiger partial charge in [0.15, 0.2) is 0 Å². The maximum Gasteiger partial charge on any atom is 0.107 e. The average Bonchev–Trinajstić information content (AvgIpc) is 2.78. The largest absolute Gasteiger partial charge is 0.396 e. The Morgan fingerprint density at radius 3 is 3.20 bits per heavy atom. The van der Waals surface area contributed by atoms with E-state index in [4.69, 9.17) is 5.11 Å². The molecule has 1 atom stereocenters. The van der Waals surface area contributed by atoms with Crippen molar-refractivity contribution in [1.29, 1.82) is 0 Å². The van der Waals surface area contributed by atoms with E-state index >= 15 is 0 Å². The fourth-order valence-electron chi connectivity index (χ4n) is 2.14. The van der Waals surface area contributed by atoms with Gasteiger partial charge in [-0.1, -0.05) is 0 Å². The lowest BCUT2D eigenvalue weighted by molar-refractivity contribution is 0.249. The Morgan fingerprint density at radius 1 is 1.67 bits per heavy atom. The maximum atomic E-state index is 8.88. The first kappa shape index (κ1) is 11.0. The third-order valence-electron chi connectivity index (χ3n) is 2.93. The highest BCUT2D eigenvalue weighted by Gasteiger charge is 2.22. The molecule has 1 unspecified atom stereocenters. The number of aliphatic hydroxyl groups is 1. The van der Waals surface area contributed by atoms with Crippen LogP contribution in [-0.4, -0.2) is 34.7 Å². The van der Waals surface area contributed by atoms with Gasteiger partial charge in [0, 0.05) is 24.2 Å². The van der Waals surface area contributed by atoms with E-state index in [0.29, 0.717) is 12.5 Å². The third-order valence-corrected chi connectivity index (χ3v) is 3.88. The number of aryl methyl sites for hydroxylation is 1. The minimum atomic E-state index is 0.328. The lowest BCUT2D eigenvalue weighted by atomic mass is 10.1. The molecule has 1 aromatic heterocycles. The molecule has 4 heteroatoms. The predicted octanol–water partition coefficient (Wildman–Crippen LogP) is 1.66. The second-order valence-electron chi connectivity index (χ2n) is 4.28. The first-order valence-corrected chi connectivity index (χ1v) is 6.40. The average molecular weight is 226 g/mol. The van der Waals surface area contributed by atoms with Crippen LogP contribution in [0.2, 0.25) is 0 Å². The Morgan fingerprint density at radius 2 is 2.53 bits per heavy atom. The van der Waals surface area contributed by atoms with Crippen molar-refractivity contribution < 1.29 is 5.11 Å². The monoisotopic (exact) mass is 226 g/mol. The molecule has 1 aliphatic heterocycles. The maximum absolute atomic E-state index is 8.88. The van der Waals surface area contributed by atoms with Crippen LogP contribution in [0.4, 0.5) is 0 Å². The van der Waals surface area contributed by atoms with Crippen molar-refractivity contribution in [2.75, 3.05) is 19.7 Å². The molecule has 1 N–H and O–H groups in total. The lowest BCUT2D eigenvalue weighted by Crippen LogP contribution is -2.20. The first-order valence-electron chi connectivity index (χ1n) is 5.52. The molecule has 0 saturated carbocycles. The number of likely N-dealkylation sites (tertiary alicyclic amines) is 1. The number of aliphatic hydroxyl groups excluding tert-OH is 1. The summed E-state index contributed by atoms with van der Waals surface area (Å²) in [4.78, 5) is 6.92. The van der Waals surface area contributed by atoms with Gasteiger partial charge in [0.05, 0.1) is 6.54 Å². The van der Waals surface area contributed by atoms with Crippen LogP contribution in [0.25, 0.3) is 0 Å². The summed E-state index contributed by atoms with van der Waals surface area (Å²) >= 11 is 1.75. The normalized spacial score (nSPS) is 22.4. The summed E-state index contributed by atoms with van der Waals surface area (Å²) in [7, 11) is 0. The van der Waals surface area contributed by atoms with Gasteiger partial charge in [-0.25, -0.2) is 4.98 Å². The Balaban J connectivity index is 1.82. The van der Waals surface area contributed by atoms with Crippen molar-refractivity contribution >= 4 is 11.3 Å². The third kappa shape index (κ3) is 3.00. The fourth-order valence-corrected chi connectivity index (χ4v) is 2.95. The number of hydrogen-bond donors (Lipinski definition) is 1. The van der Waals surface area contributed by atoms with Crippen LogP contribution in [0.5, 0.6) is 0 Å². The second-order valence-corrected chi connectivity index (χ2v) is 5.23. The van der Waals surface area contributed by atoms with E-state index < -0.39 is 0 Å². The van der Waals surface area contributed by atoms with Gasteiger partial charge in [-0.2, -0.15) is 0 Å². The molecule has 0 aromatic carbocycles. The summed E-state index contributed by atoms with van der Waals surface area (Å²) in [5.41, 5.74) is 1.13. The van der Waals surface area contributed by atoms with E-state index in [1.165, 1.54) is 11.4 Å². The molecule has 2 heterocycles. The van der Waals surface area contributed by atoms with E-state index in [0.717, 1.165) is 31.7 Å². The van der Waals surface area contributed by atoms with Gasteiger partial charge in [0.1, 0.15) is 5.01 Å². The van der Waals surface area contributed by atoms with E-state index in [-0.39, 0.29) is 0 Å². The van der Waals surface area contributed by atoms with Crippen LogP contribution < -0.4 is 0 Å². The molecular formula is C11H18N2OS. The second kappa shape index (κ2) is 5.05. The molecule has 1 aliphatic rings. The summed E-state index contributed by atoms with van der Waals surface area (Å²) in [5.74, 6) is 0.691. The zero-order valence-electron chi connectivity index (χ0n) is 9.15. The molecule has 2 rings (SSSR count). The molecule has 0 radical (unpaired) electrons. The zero-order chi connectivity index (χ0) is 10.7. The Labute approximate surface area is 94.8 Å². The minimum Gasteiger partial charge on any atom is -0.396 e. The highest BCUT2D eigenvalue weighted by Crippen LogP contribution is 2.22. The summed E-state index contributed by atoms with van der Waals surface area (Å²) in [5, 5.41) is 12.2. The number of nitrogens with zero attached hydrogens (tertiary/aromatic N) is 2. The zero-order valence-corrected chi connectivity index (χ0v) is 9.96. The van der Waals surface area contributed by atoms with Gasteiger partial charge in [-0.05, 0) is 32.2 Å². The van der Waals surface area contributed by atoms with Crippen LogP contribution in [0.1, 0.15) is 23.5 Å². The fraction of sp³-hybridized carbons (Fsp3) is 0.727. The van der Waals surface area contributed by atoms with Gasteiger partial charge in [0.2, 0.25) is 0 Å². The van der Waals surface area contributed by atoms with E-state index in [1.54, 1.807) is 11.3 Å². The molecular weight excluding hydrogens is 208 g/mol. The number of thiazole rings is 1. The molecule has 0 amide bonds. The molecule has 3 nitrogen and oxygen atoms in total. The number of aromatic nitrogens is 1. The predicted molar refractivity (Wildman–Crippen MR) is 61.9 cm³/mol. The molecule has 84 valence electrons. The first-order chi connectivity index (χ1) is 7.28. The molecule has 1 aromatic rings. The van der Waals surface area contributed by atoms with Crippen LogP contribution in [0.15, 0.2) is 5.38 Å². The highest BCUT2D eigenvalue weighted by molar-refractivity contribution is 7.09. The van der Waals surface area contributed by atoms with Crippen molar-refractivity contribution in [3.8, 4) is 0 Å². The van der Waals surface area contributed by atoms with Crippen LogP contribution in [0, 0.1) is 12.8 Å². The van der Waals surface area contributed by atoms with Gasteiger partial charge in [-0.15, -0.1) is 11.3 Å². The van der Waals surface area contributed by atoms with Gasteiger partial charge in [0.25, 0.3) is 0 Å². The Bertz CT molecular complexity index is 313. The standard InChI is InChI=1S/C11H18N2OS/c1-9-8-15-11(12-9)7-13-4-2-10(6-13)3-5-14/h8,10,14H,2-7H2,1H3. The summed E-state index contributed by atoms with van der Waals surface area (Å²) in [6.45, 7) is 5.64. The van der Waals surface area contributed by atoms with E-state index in [9.17, 15) is 0 Å². The highest BCUT2D eigenvalue weighted by atomic mass is 32.1. The quantitative estimate of drug-likeness (QED) is 0.848. The Hall–Kier alpha value is -0.450. The number of hydrogen-bond acceptors (Lipinski definition) is 4. The topological polar surface area (TPSA) is 36.4 Å². The summed E-state index contributed by atoms with van der Waals surface area (Å²) in [6.07, 6.45) is 2.18. The van der Waals surface area contributed by atoms with Crippen molar-refractivity contribution in [3.63, 3.8) is 0 Å². The van der Waals surface area contributed by atoms with Gasteiger partial charge >= 0.3 is 0 Å². The van der Waals surface area contributed by atoms with E-state index in [1.807, 2.05) is 6.92 Å². The van der Waals surface area contributed by atoms with Crippen molar-refractivity contribution in [3.05, 3.63) is 16.1 Å².